The van der Waals surface area contributed by atoms with Gasteiger partial charge in [-0.2, -0.15) is 0 Å². The van der Waals surface area contributed by atoms with Crippen molar-refractivity contribution in [2.45, 2.75) is 27.7 Å². The molecule has 0 spiro atoms. The summed E-state index contributed by atoms with van der Waals surface area (Å²) in [6.45, 7) is 12.7. The first-order valence-electron chi connectivity index (χ1n) is 11.5. The molecular weight excluding hydrogens is 861 g/mol. The number of nitrogens with zero attached hydrogens (tertiary/aromatic N) is 4. The van der Waals surface area contributed by atoms with Crippen LogP contribution in [0.4, 0.5) is 0 Å². The standard InChI is InChI=1S/2C12H15ClN2Se2.2ClH.Ni/c1-3-15(4-2)12-14-11(17(13)16-12)10-8-6-5-7-9-10;1-3-15(4-2)12-14-11(16-17(12)13)10-8-6-5-7-9-10;;;/h2*5-9H,3-4H2,1-2H3;2*1H;/q;;;;+2/p-2. The molecule has 2 heterocycles. The molecule has 4 rings (SSSR count). The summed E-state index contributed by atoms with van der Waals surface area (Å²) >= 11 is 1.31. The van der Waals surface area contributed by atoms with E-state index in [1.54, 1.807) is 0 Å². The normalized spacial score (nSPS) is 18.6. The topological polar surface area (TPSA) is 31.2 Å². The number of hydrogen-bond acceptors (Lipinski definition) is 4. The summed E-state index contributed by atoms with van der Waals surface area (Å²) in [6, 6.07) is 20.8. The van der Waals surface area contributed by atoms with Crippen LogP contribution in [0.2, 0.25) is 0 Å². The van der Waals surface area contributed by atoms with Gasteiger partial charge in [-0.15, -0.1) is 0 Å². The fourth-order valence-corrected chi connectivity index (χ4v) is 23.9. The van der Waals surface area contributed by atoms with Crippen LogP contribution >= 0.6 is 40.6 Å². The fourth-order valence-electron chi connectivity index (χ4n) is 3.21. The monoisotopic (exact) mass is 892 g/mol. The van der Waals surface area contributed by atoms with Crippen molar-refractivity contribution >= 4 is 107 Å². The molecule has 0 N–H and O–H groups in total. The SMILES string of the molecule is CCN(CC)C1=NC(c2ccccc2)=[Se](Cl)[Se]1.CCN(CC)C1=[Se](Cl)[Se]C(c2ccccc2)=N1.[Cl][Ni][Cl]. The molecule has 0 radical (unpaired) electrons. The number of aliphatic imine (C=N–C) groups is 2. The predicted octanol–water partition coefficient (Wildman–Crippen LogP) is 5.15. The quantitative estimate of drug-likeness (QED) is 0.361. The van der Waals surface area contributed by atoms with E-state index in [9.17, 15) is 0 Å². The summed E-state index contributed by atoms with van der Waals surface area (Å²) < 4.78 is 4.80. The van der Waals surface area contributed by atoms with E-state index in [-0.39, 0.29) is 0 Å². The summed E-state index contributed by atoms with van der Waals surface area (Å²) in [5.74, 6) is 0. The van der Waals surface area contributed by atoms with Gasteiger partial charge in [-0.25, -0.2) is 0 Å². The van der Waals surface area contributed by atoms with Crippen molar-refractivity contribution in [3.05, 3.63) is 71.8 Å². The van der Waals surface area contributed by atoms with Crippen molar-refractivity contribution in [2.75, 3.05) is 26.2 Å². The van der Waals surface area contributed by atoms with Gasteiger partial charge in [0, 0.05) is 0 Å². The number of hydrogen-bond donors (Lipinski definition) is 0. The van der Waals surface area contributed by atoms with Gasteiger partial charge in [-0.3, -0.25) is 0 Å². The van der Waals surface area contributed by atoms with Crippen molar-refractivity contribution in [3.8, 4) is 0 Å². The first-order chi connectivity index (χ1) is 17.9. The second-order valence-electron chi connectivity index (χ2n) is 7.13. The maximum absolute atomic E-state index is 6.54. The van der Waals surface area contributed by atoms with Crippen molar-refractivity contribution in [1.29, 1.82) is 0 Å². The van der Waals surface area contributed by atoms with E-state index in [0.29, 0.717) is 38.9 Å². The molecule has 0 aromatic heterocycles. The summed E-state index contributed by atoms with van der Waals surface area (Å²) in [4.78, 5) is 14.2. The van der Waals surface area contributed by atoms with Crippen LogP contribution in [0.1, 0.15) is 38.8 Å². The molecule has 0 amide bonds. The van der Waals surface area contributed by atoms with Gasteiger partial charge in [0.1, 0.15) is 0 Å². The Labute approximate surface area is 262 Å². The van der Waals surface area contributed by atoms with Crippen molar-refractivity contribution in [3.63, 3.8) is 0 Å². The summed E-state index contributed by atoms with van der Waals surface area (Å²) in [5, 5.41) is 0. The van der Waals surface area contributed by atoms with Crippen LogP contribution in [0.25, 0.3) is 0 Å². The zero-order valence-corrected chi connectivity index (χ0v) is 31.7. The average Bonchev–Trinajstić information content (AvgIpc) is 3.50. The van der Waals surface area contributed by atoms with Gasteiger partial charge < -0.3 is 0 Å². The summed E-state index contributed by atoms with van der Waals surface area (Å²) in [6.07, 6.45) is 0. The number of halogens is 4. The Morgan fingerprint density at radius 3 is 1.68 bits per heavy atom. The predicted molar refractivity (Wildman–Crippen MR) is 168 cm³/mol. The Hall–Kier alpha value is 1.01. The zero-order valence-electron chi connectivity index (χ0n) is 20.9. The molecule has 2 unspecified atom stereocenters. The first kappa shape index (κ1) is 34.2. The van der Waals surface area contributed by atoms with Crippen LogP contribution in [0, 0.1) is 0 Å². The van der Waals surface area contributed by atoms with Gasteiger partial charge >= 0.3 is 265 Å². The molecule has 0 saturated heterocycles. The van der Waals surface area contributed by atoms with Gasteiger partial charge in [0.25, 0.3) is 0 Å². The van der Waals surface area contributed by atoms with Crippen LogP contribution in [-0.4, -0.2) is 102 Å². The number of benzene rings is 2. The van der Waals surface area contributed by atoms with E-state index in [4.69, 9.17) is 50.6 Å². The Bertz CT molecular complexity index is 1110. The van der Waals surface area contributed by atoms with Crippen LogP contribution in [-0.2, 0) is 12.7 Å². The van der Waals surface area contributed by atoms with E-state index >= 15 is 0 Å². The first-order valence-corrected chi connectivity index (χ1v) is 30.8. The van der Waals surface area contributed by atoms with Crippen LogP contribution < -0.4 is 0 Å². The second kappa shape index (κ2) is 19.2. The number of amidine groups is 1. The zero-order chi connectivity index (χ0) is 27.2. The van der Waals surface area contributed by atoms with E-state index in [2.05, 4.69) is 86.0 Å². The molecule has 13 heteroatoms. The molecule has 0 bridgehead atoms. The summed E-state index contributed by atoms with van der Waals surface area (Å²) in [7, 11) is 20.1. The molecule has 2 atom stereocenters. The Morgan fingerprint density at radius 1 is 0.703 bits per heavy atom. The molecule has 2 aliphatic rings. The molecule has 0 fully saturated rings. The van der Waals surface area contributed by atoms with Gasteiger partial charge in [0.05, 0.1) is 0 Å². The van der Waals surface area contributed by atoms with Crippen molar-refractivity contribution in [2.24, 2.45) is 9.98 Å². The Balaban J connectivity index is 0.000000235. The van der Waals surface area contributed by atoms with E-state index < -0.39 is 21.5 Å². The van der Waals surface area contributed by atoms with Crippen molar-refractivity contribution in [1.82, 2.24) is 9.80 Å². The van der Waals surface area contributed by atoms with Gasteiger partial charge in [0.2, 0.25) is 0 Å². The third kappa shape index (κ3) is 10.7. The third-order valence-corrected chi connectivity index (χ3v) is 25.2. The minimum absolute atomic E-state index is 0.362. The average molecular weight is 891 g/mol. The summed E-state index contributed by atoms with van der Waals surface area (Å²) in [5.41, 5.74) is 2.44. The molecule has 2 aromatic rings. The molecule has 2 aromatic carbocycles. The molecule has 2 aliphatic heterocycles. The van der Waals surface area contributed by atoms with Crippen LogP contribution in [0.15, 0.2) is 70.6 Å². The molecule has 4 nitrogen and oxygen atoms in total. The molecule has 208 valence electrons. The fraction of sp³-hybridized carbons (Fsp3) is 0.333. The molecule has 0 saturated carbocycles. The van der Waals surface area contributed by atoms with Crippen LogP contribution in [0.3, 0.4) is 0 Å². The van der Waals surface area contributed by atoms with E-state index in [0.717, 1.165) is 30.7 Å². The van der Waals surface area contributed by atoms with Gasteiger partial charge in [-0.1, -0.05) is 0 Å². The Kier molecular flexibility index (Phi) is 17.7. The maximum atomic E-state index is 6.54. The molecule has 37 heavy (non-hydrogen) atoms. The third-order valence-electron chi connectivity index (χ3n) is 5.10. The van der Waals surface area contributed by atoms with Gasteiger partial charge in [0.15, 0.2) is 0 Å². The van der Waals surface area contributed by atoms with E-state index in [1.165, 1.54) is 25.1 Å². The van der Waals surface area contributed by atoms with Crippen LogP contribution in [0.5, 0.6) is 0 Å². The van der Waals surface area contributed by atoms with Gasteiger partial charge in [-0.05, 0) is 0 Å². The molecule has 0 aliphatic carbocycles. The van der Waals surface area contributed by atoms with E-state index in [1.807, 2.05) is 12.1 Å². The minimum atomic E-state index is -1.19. The Morgan fingerprint density at radius 2 is 1.19 bits per heavy atom. The van der Waals surface area contributed by atoms with Crippen molar-refractivity contribution < 1.29 is 12.7 Å². The second-order valence-corrected chi connectivity index (χ2v) is 32.9. The number of rotatable bonds is 7. The molecular formula is C24H30Cl4N4NiSe4.